The smallest absolute Gasteiger partial charge is 0.230 e. The molecule has 0 saturated heterocycles. The lowest BCUT2D eigenvalue weighted by Crippen LogP contribution is -2.28. The lowest BCUT2D eigenvalue weighted by molar-refractivity contribution is -0.119. The van der Waals surface area contributed by atoms with E-state index in [2.05, 4.69) is 20.1 Å². The maximum absolute atomic E-state index is 12.4. The third kappa shape index (κ3) is 4.02. The lowest BCUT2D eigenvalue weighted by atomic mass is 10.1. The van der Waals surface area contributed by atoms with Crippen molar-refractivity contribution in [2.45, 2.75) is 55.8 Å². The van der Waals surface area contributed by atoms with Gasteiger partial charge in [-0.1, -0.05) is 41.0 Å². The quantitative estimate of drug-likeness (QED) is 0.667. The van der Waals surface area contributed by atoms with E-state index in [1.165, 1.54) is 37.4 Å². The van der Waals surface area contributed by atoms with Crippen molar-refractivity contribution in [3.8, 4) is 0 Å². The second-order valence-corrected chi connectivity index (χ2v) is 8.75. The molecule has 2 saturated carbocycles. The van der Waals surface area contributed by atoms with Crippen molar-refractivity contribution in [1.82, 2.24) is 20.1 Å². The Labute approximate surface area is 166 Å². The van der Waals surface area contributed by atoms with Crippen molar-refractivity contribution in [3.05, 3.63) is 39.6 Å². The topological polar surface area (TPSA) is 59.8 Å². The maximum Gasteiger partial charge on any atom is 0.230 e. The molecule has 2 fully saturated rings. The Kier molecular flexibility index (Phi) is 5.17. The van der Waals surface area contributed by atoms with Gasteiger partial charge in [0.25, 0.3) is 0 Å². The number of nitrogens with zero attached hydrogens (tertiary/aromatic N) is 3. The minimum atomic E-state index is -0.184. The van der Waals surface area contributed by atoms with Gasteiger partial charge in [-0.15, -0.1) is 10.2 Å². The Morgan fingerprint density at radius 3 is 2.73 bits per heavy atom. The van der Waals surface area contributed by atoms with E-state index in [0.717, 1.165) is 16.5 Å². The highest BCUT2D eigenvalue weighted by atomic mass is 35.5. The fourth-order valence-electron chi connectivity index (χ4n) is 3.03. The zero-order valence-electron chi connectivity index (χ0n) is 14.4. The molecule has 138 valence electrons. The van der Waals surface area contributed by atoms with Crippen LogP contribution in [-0.2, 0) is 4.79 Å². The van der Waals surface area contributed by atoms with Gasteiger partial charge >= 0.3 is 0 Å². The van der Waals surface area contributed by atoms with Crippen LogP contribution < -0.4 is 5.32 Å². The van der Waals surface area contributed by atoms with Gasteiger partial charge < -0.3 is 9.88 Å². The number of nitrogens with one attached hydrogen (secondary N) is 1. The second-order valence-electron chi connectivity index (χ2n) is 6.96. The number of hydrogen-bond acceptors (Lipinski definition) is 4. The van der Waals surface area contributed by atoms with E-state index in [-0.39, 0.29) is 11.9 Å². The molecule has 4 rings (SSSR count). The molecule has 1 amide bonds. The molecule has 8 heteroatoms. The van der Waals surface area contributed by atoms with Crippen LogP contribution in [0.2, 0.25) is 10.0 Å². The third-order valence-electron chi connectivity index (χ3n) is 4.68. The van der Waals surface area contributed by atoms with E-state index in [1.54, 1.807) is 12.1 Å². The normalized spacial score (nSPS) is 18.0. The first-order valence-electron chi connectivity index (χ1n) is 8.85. The van der Waals surface area contributed by atoms with Crippen molar-refractivity contribution in [2.75, 3.05) is 5.75 Å². The van der Waals surface area contributed by atoms with Crippen molar-refractivity contribution >= 4 is 40.9 Å². The molecule has 2 aromatic rings. The Morgan fingerprint density at radius 2 is 2.08 bits per heavy atom. The maximum atomic E-state index is 12.4. The molecule has 1 atom stereocenters. The van der Waals surface area contributed by atoms with E-state index >= 15 is 0 Å². The number of carbonyl (C=O) groups excluding carboxylic acids is 1. The van der Waals surface area contributed by atoms with Gasteiger partial charge in [0.15, 0.2) is 5.16 Å². The van der Waals surface area contributed by atoms with E-state index in [9.17, 15) is 4.79 Å². The van der Waals surface area contributed by atoms with Crippen LogP contribution in [-0.4, -0.2) is 26.4 Å². The molecule has 1 heterocycles. The summed E-state index contributed by atoms with van der Waals surface area (Å²) in [7, 11) is 0. The average Bonchev–Trinajstić information content (AvgIpc) is 3.51. The molecule has 1 N–H and O–H groups in total. The average molecular weight is 411 g/mol. The molecule has 2 aliphatic carbocycles. The van der Waals surface area contributed by atoms with Crippen molar-refractivity contribution in [3.63, 3.8) is 0 Å². The van der Waals surface area contributed by atoms with Gasteiger partial charge in [-0.2, -0.15) is 0 Å². The highest BCUT2D eigenvalue weighted by molar-refractivity contribution is 7.99. The van der Waals surface area contributed by atoms with Gasteiger partial charge in [-0.25, -0.2) is 0 Å². The molecular formula is C18H20Cl2N4OS. The first kappa shape index (κ1) is 18.1. The zero-order chi connectivity index (χ0) is 18.3. The minimum Gasteiger partial charge on any atom is -0.349 e. The van der Waals surface area contributed by atoms with Crippen LogP contribution in [0.3, 0.4) is 0 Å². The van der Waals surface area contributed by atoms with Gasteiger partial charge in [0.05, 0.1) is 11.8 Å². The summed E-state index contributed by atoms with van der Waals surface area (Å²) in [4.78, 5) is 12.4. The zero-order valence-corrected chi connectivity index (χ0v) is 16.7. The number of aromatic nitrogens is 3. The van der Waals surface area contributed by atoms with E-state index in [4.69, 9.17) is 23.2 Å². The van der Waals surface area contributed by atoms with Crippen molar-refractivity contribution in [2.24, 2.45) is 0 Å². The highest BCUT2D eigenvalue weighted by Gasteiger charge is 2.36. The summed E-state index contributed by atoms with van der Waals surface area (Å²) in [5, 5.41) is 13.7. The third-order valence-corrected chi connectivity index (χ3v) is 6.19. The Hall–Kier alpha value is -1.24. The summed E-state index contributed by atoms with van der Waals surface area (Å²) >= 11 is 13.6. The number of rotatable bonds is 7. The van der Waals surface area contributed by atoms with Gasteiger partial charge in [-0.3, -0.25) is 4.79 Å². The van der Waals surface area contributed by atoms with E-state index < -0.39 is 0 Å². The Bertz CT molecular complexity index is 833. The Morgan fingerprint density at radius 1 is 1.31 bits per heavy atom. The van der Waals surface area contributed by atoms with Gasteiger partial charge in [0.1, 0.15) is 5.82 Å². The SMILES string of the molecule is C[C@H](NC(=O)CSc1nnc(C2CC2)n1C1CC1)c1ccc(Cl)cc1Cl. The van der Waals surface area contributed by atoms with Crippen LogP contribution in [0.15, 0.2) is 23.4 Å². The van der Waals surface area contributed by atoms with Crippen molar-refractivity contribution in [1.29, 1.82) is 0 Å². The molecule has 0 radical (unpaired) electrons. The summed E-state index contributed by atoms with van der Waals surface area (Å²) in [6, 6.07) is 5.65. The fraction of sp³-hybridized carbons (Fsp3) is 0.500. The molecule has 5 nitrogen and oxygen atoms in total. The number of halogens is 2. The predicted octanol–water partition coefficient (Wildman–Crippen LogP) is 4.77. The van der Waals surface area contributed by atoms with Crippen LogP contribution in [0.4, 0.5) is 0 Å². The molecule has 0 unspecified atom stereocenters. The van der Waals surface area contributed by atoms with Crippen LogP contribution >= 0.6 is 35.0 Å². The van der Waals surface area contributed by atoms with Gasteiger partial charge in [0.2, 0.25) is 5.91 Å². The predicted molar refractivity (Wildman–Crippen MR) is 104 cm³/mol. The first-order valence-corrected chi connectivity index (χ1v) is 10.6. The molecule has 2 aliphatic rings. The molecule has 1 aromatic heterocycles. The first-order chi connectivity index (χ1) is 12.5. The number of hydrogen-bond donors (Lipinski definition) is 1. The molecule has 1 aromatic carbocycles. The molecule has 0 aliphatic heterocycles. The molecular weight excluding hydrogens is 391 g/mol. The monoisotopic (exact) mass is 410 g/mol. The van der Waals surface area contributed by atoms with E-state index in [0.29, 0.717) is 27.8 Å². The van der Waals surface area contributed by atoms with Crippen LogP contribution in [0, 0.1) is 0 Å². The standard InChI is InChI=1S/C18H20Cl2N4OS/c1-10(14-7-4-12(19)8-15(14)20)21-16(25)9-26-18-23-22-17(11-2-3-11)24(18)13-5-6-13/h4,7-8,10-11,13H,2-3,5-6,9H2,1H3,(H,21,25)/t10-/m0/s1. The summed E-state index contributed by atoms with van der Waals surface area (Å²) in [5.74, 6) is 1.94. The lowest BCUT2D eigenvalue weighted by Gasteiger charge is -2.16. The van der Waals surface area contributed by atoms with Crippen molar-refractivity contribution < 1.29 is 4.79 Å². The van der Waals surface area contributed by atoms with Crippen LogP contribution in [0.1, 0.15) is 62.0 Å². The highest BCUT2D eigenvalue weighted by Crippen LogP contribution is 2.46. The van der Waals surface area contributed by atoms with Crippen LogP contribution in [0.25, 0.3) is 0 Å². The molecule has 0 bridgehead atoms. The Balaban J connectivity index is 1.37. The number of benzene rings is 1. The minimum absolute atomic E-state index is 0.0492. The van der Waals surface area contributed by atoms with Gasteiger partial charge in [0, 0.05) is 22.0 Å². The summed E-state index contributed by atoms with van der Waals surface area (Å²) < 4.78 is 2.26. The molecule has 0 spiro atoms. The number of thioether (sulfide) groups is 1. The number of amides is 1. The van der Waals surface area contributed by atoms with E-state index in [1.807, 2.05) is 13.0 Å². The summed E-state index contributed by atoms with van der Waals surface area (Å²) in [6.45, 7) is 1.91. The summed E-state index contributed by atoms with van der Waals surface area (Å²) in [6.07, 6.45) is 4.78. The largest absolute Gasteiger partial charge is 0.349 e. The molecule has 26 heavy (non-hydrogen) atoms. The second kappa shape index (κ2) is 7.41. The van der Waals surface area contributed by atoms with Gasteiger partial charge in [-0.05, 0) is 50.3 Å². The fourth-order valence-corrected chi connectivity index (χ4v) is 4.42. The number of carbonyl (C=O) groups is 1. The summed E-state index contributed by atoms with van der Waals surface area (Å²) in [5.41, 5.74) is 0.853. The van der Waals surface area contributed by atoms with Crippen LogP contribution in [0.5, 0.6) is 0 Å².